The zero-order chi connectivity index (χ0) is 14.0. The van der Waals surface area contributed by atoms with Gasteiger partial charge < -0.3 is 4.42 Å². The monoisotopic (exact) mass is 292 g/mol. The molecule has 7 heteroatoms. The van der Waals surface area contributed by atoms with E-state index in [1.54, 1.807) is 18.0 Å². The lowest BCUT2D eigenvalue weighted by atomic mass is 10.2. The first-order valence-corrected chi connectivity index (χ1v) is 7.75. The SMILES string of the molecule is CSC1(C(=O)Nc2n[nH]c(CCc3ccco3)n2)CC1. The molecule has 0 bridgehead atoms. The van der Waals surface area contributed by atoms with Crippen LogP contribution in [0.3, 0.4) is 0 Å². The van der Waals surface area contributed by atoms with Crippen molar-refractivity contribution in [2.75, 3.05) is 11.6 Å². The zero-order valence-electron chi connectivity index (χ0n) is 11.2. The van der Waals surface area contributed by atoms with Crippen molar-refractivity contribution < 1.29 is 9.21 Å². The maximum absolute atomic E-state index is 12.0. The van der Waals surface area contributed by atoms with Crippen LogP contribution in [0.15, 0.2) is 22.8 Å². The van der Waals surface area contributed by atoms with Crippen molar-refractivity contribution in [3.63, 3.8) is 0 Å². The average molecular weight is 292 g/mol. The van der Waals surface area contributed by atoms with Gasteiger partial charge in [-0.15, -0.1) is 16.9 Å². The van der Waals surface area contributed by atoms with Gasteiger partial charge in [0.15, 0.2) is 0 Å². The van der Waals surface area contributed by atoms with Crippen molar-refractivity contribution >= 4 is 23.6 Å². The molecule has 1 saturated carbocycles. The predicted octanol–water partition coefficient (Wildman–Crippen LogP) is 2.02. The van der Waals surface area contributed by atoms with Crippen LogP contribution in [-0.4, -0.2) is 32.1 Å². The number of amides is 1. The number of hydrogen-bond donors (Lipinski definition) is 2. The molecule has 6 nitrogen and oxygen atoms in total. The normalized spacial score (nSPS) is 16.1. The molecule has 1 amide bonds. The molecule has 1 aliphatic carbocycles. The second kappa shape index (κ2) is 5.32. The Morgan fingerprint density at radius 1 is 1.55 bits per heavy atom. The smallest absolute Gasteiger partial charge is 0.248 e. The van der Waals surface area contributed by atoms with Crippen molar-refractivity contribution in [1.82, 2.24) is 15.2 Å². The van der Waals surface area contributed by atoms with Crippen molar-refractivity contribution in [1.29, 1.82) is 0 Å². The number of anilines is 1. The molecule has 0 saturated heterocycles. The van der Waals surface area contributed by atoms with Crippen LogP contribution in [0.1, 0.15) is 24.4 Å². The molecule has 2 heterocycles. The van der Waals surface area contributed by atoms with Crippen molar-refractivity contribution in [2.24, 2.45) is 0 Å². The van der Waals surface area contributed by atoms with Gasteiger partial charge in [-0.05, 0) is 31.2 Å². The van der Waals surface area contributed by atoms with E-state index >= 15 is 0 Å². The molecule has 2 N–H and O–H groups in total. The lowest BCUT2D eigenvalue weighted by Crippen LogP contribution is -2.27. The average Bonchev–Trinajstić information content (AvgIpc) is 2.86. The van der Waals surface area contributed by atoms with Crippen LogP contribution in [0.4, 0.5) is 5.95 Å². The number of aryl methyl sites for hydroxylation is 2. The minimum atomic E-state index is -0.255. The first kappa shape index (κ1) is 13.2. The molecule has 0 aliphatic heterocycles. The molecular formula is C13H16N4O2S. The summed E-state index contributed by atoms with van der Waals surface area (Å²) in [4.78, 5) is 16.3. The molecule has 0 spiro atoms. The van der Waals surface area contributed by atoms with Gasteiger partial charge in [0.1, 0.15) is 11.6 Å². The third-order valence-corrected chi connectivity index (χ3v) is 4.83. The van der Waals surface area contributed by atoms with Crippen molar-refractivity contribution in [3.05, 3.63) is 30.0 Å². The number of rotatable bonds is 6. The van der Waals surface area contributed by atoms with E-state index in [0.717, 1.165) is 30.8 Å². The Bertz CT molecular complexity index is 589. The van der Waals surface area contributed by atoms with Crippen LogP contribution in [-0.2, 0) is 17.6 Å². The number of nitrogens with one attached hydrogen (secondary N) is 2. The first-order chi connectivity index (χ1) is 9.72. The molecular weight excluding hydrogens is 276 g/mol. The third kappa shape index (κ3) is 2.72. The quantitative estimate of drug-likeness (QED) is 0.851. The Balaban J connectivity index is 1.55. The summed E-state index contributed by atoms with van der Waals surface area (Å²) >= 11 is 1.59. The van der Waals surface area contributed by atoms with Crippen LogP contribution < -0.4 is 5.32 Å². The van der Waals surface area contributed by atoms with Gasteiger partial charge in [-0.2, -0.15) is 4.98 Å². The Morgan fingerprint density at radius 3 is 3.05 bits per heavy atom. The minimum absolute atomic E-state index is 0.00147. The Hall–Kier alpha value is -1.76. The Labute approximate surface area is 120 Å². The van der Waals surface area contributed by atoms with Crippen molar-refractivity contribution in [2.45, 2.75) is 30.4 Å². The number of carbonyl (C=O) groups is 1. The van der Waals surface area contributed by atoms with Gasteiger partial charge >= 0.3 is 0 Å². The molecule has 2 aromatic heterocycles. The highest BCUT2D eigenvalue weighted by Crippen LogP contribution is 2.47. The number of nitrogens with zero attached hydrogens (tertiary/aromatic N) is 2. The van der Waals surface area contributed by atoms with Gasteiger partial charge in [-0.1, -0.05) is 0 Å². The van der Waals surface area contributed by atoms with Gasteiger partial charge in [0.25, 0.3) is 0 Å². The summed E-state index contributed by atoms with van der Waals surface area (Å²) in [5.41, 5.74) is 0. The number of carbonyl (C=O) groups excluding carboxylic acids is 1. The van der Waals surface area contributed by atoms with Crippen LogP contribution >= 0.6 is 11.8 Å². The number of aromatic nitrogens is 3. The minimum Gasteiger partial charge on any atom is -0.469 e. The molecule has 3 rings (SSSR count). The van der Waals surface area contributed by atoms with Crippen molar-refractivity contribution in [3.8, 4) is 0 Å². The van der Waals surface area contributed by atoms with Gasteiger partial charge in [-0.3, -0.25) is 15.2 Å². The lowest BCUT2D eigenvalue weighted by Gasteiger charge is -2.09. The second-order valence-corrected chi connectivity index (χ2v) is 6.03. The number of hydrogen-bond acceptors (Lipinski definition) is 5. The van der Waals surface area contributed by atoms with E-state index in [1.807, 2.05) is 18.4 Å². The van der Waals surface area contributed by atoms with Crippen LogP contribution in [0.5, 0.6) is 0 Å². The van der Waals surface area contributed by atoms with Gasteiger partial charge in [0.05, 0.1) is 11.0 Å². The van der Waals surface area contributed by atoms with E-state index in [2.05, 4.69) is 20.5 Å². The highest BCUT2D eigenvalue weighted by molar-refractivity contribution is 8.01. The van der Waals surface area contributed by atoms with E-state index in [-0.39, 0.29) is 10.7 Å². The summed E-state index contributed by atoms with van der Waals surface area (Å²) in [6.07, 6.45) is 6.91. The predicted molar refractivity (Wildman–Crippen MR) is 76.6 cm³/mol. The van der Waals surface area contributed by atoms with E-state index in [9.17, 15) is 4.79 Å². The van der Waals surface area contributed by atoms with E-state index in [1.165, 1.54) is 0 Å². The molecule has 2 aromatic rings. The van der Waals surface area contributed by atoms with Gasteiger partial charge in [0, 0.05) is 12.8 Å². The van der Waals surface area contributed by atoms with E-state index in [0.29, 0.717) is 12.4 Å². The highest BCUT2D eigenvalue weighted by Gasteiger charge is 2.49. The van der Waals surface area contributed by atoms with E-state index < -0.39 is 0 Å². The number of thioether (sulfide) groups is 1. The third-order valence-electron chi connectivity index (χ3n) is 3.45. The summed E-state index contributed by atoms with van der Waals surface area (Å²) in [6, 6.07) is 3.78. The number of H-pyrrole nitrogens is 1. The van der Waals surface area contributed by atoms with Crippen LogP contribution in [0.25, 0.3) is 0 Å². The number of furan rings is 1. The number of aromatic amines is 1. The fourth-order valence-electron chi connectivity index (χ4n) is 2.01. The van der Waals surface area contributed by atoms with E-state index in [4.69, 9.17) is 4.42 Å². The fraction of sp³-hybridized carbons (Fsp3) is 0.462. The highest BCUT2D eigenvalue weighted by atomic mass is 32.2. The maximum atomic E-state index is 12.0. The summed E-state index contributed by atoms with van der Waals surface area (Å²) in [7, 11) is 0. The Morgan fingerprint density at radius 2 is 2.40 bits per heavy atom. The van der Waals surface area contributed by atoms with Gasteiger partial charge in [-0.25, -0.2) is 0 Å². The molecule has 0 unspecified atom stereocenters. The molecule has 20 heavy (non-hydrogen) atoms. The summed E-state index contributed by atoms with van der Waals surface area (Å²) in [5, 5.41) is 9.64. The molecule has 0 aromatic carbocycles. The second-order valence-electron chi connectivity index (χ2n) is 4.84. The molecule has 1 aliphatic rings. The molecule has 0 radical (unpaired) electrons. The summed E-state index contributed by atoms with van der Waals surface area (Å²) < 4.78 is 5.00. The molecule has 106 valence electrons. The molecule has 0 atom stereocenters. The summed E-state index contributed by atoms with van der Waals surface area (Å²) in [6.45, 7) is 0. The Kier molecular flexibility index (Phi) is 3.52. The first-order valence-electron chi connectivity index (χ1n) is 6.52. The zero-order valence-corrected chi connectivity index (χ0v) is 12.0. The van der Waals surface area contributed by atoms with Gasteiger partial charge in [0.2, 0.25) is 11.9 Å². The van der Waals surface area contributed by atoms with Crippen LogP contribution in [0.2, 0.25) is 0 Å². The summed E-state index contributed by atoms with van der Waals surface area (Å²) in [5.74, 6) is 2.00. The van der Waals surface area contributed by atoms with Crippen LogP contribution in [0, 0.1) is 0 Å². The largest absolute Gasteiger partial charge is 0.469 e. The standard InChI is InChI=1S/C13H16N4O2S/c1-20-13(6-7-13)11(18)15-12-14-10(16-17-12)5-4-9-3-2-8-19-9/h2-3,8H,4-7H2,1H3,(H2,14,15,16,17,18). The fourth-order valence-corrected chi connectivity index (χ4v) is 2.76. The maximum Gasteiger partial charge on any atom is 0.248 e. The molecule has 1 fully saturated rings. The topological polar surface area (TPSA) is 83.8 Å². The lowest BCUT2D eigenvalue weighted by molar-refractivity contribution is -0.116.